The predicted molar refractivity (Wildman–Crippen MR) is 69.5 cm³/mol. The summed E-state index contributed by atoms with van der Waals surface area (Å²) >= 11 is 0. The molecule has 4 unspecified atom stereocenters. The summed E-state index contributed by atoms with van der Waals surface area (Å²) < 4.78 is 6.13. The quantitative estimate of drug-likeness (QED) is 0.798. The molecule has 0 aliphatic carbocycles. The molecule has 0 radical (unpaired) electrons. The van der Waals surface area contributed by atoms with Crippen molar-refractivity contribution < 1.29 is 9.84 Å². The first-order valence-electron chi connectivity index (χ1n) is 6.60. The molecular formula is C15H17NO2. The summed E-state index contributed by atoms with van der Waals surface area (Å²) in [5.74, 6) is 0.696. The highest BCUT2D eigenvalue weighted by atomic mass is 16.5. The number of benzene rings is 1. The third-order valence-corrected chi connectivity index (χ3v) is 4.68. The van der Waals surface area contributed by atoms with E-state index in [9.17, 15) is 5.11 Å². The lowest BCUT2D eigenvalue weighted by atomic mass is 9.78. The SMILES string of the molecule is OCC1C2C=CC3(CN(c4ccccc4)CC13)O2. The topological polar surface area (TPSA) is 32.7 Å². The maximum absolute atomic E-state index is 9.56. The largest absolute Gasteiger partial charge is 0.396 e. The Kier molecular flexibility index (Phi) is 2.11. The van der Waals surface area contributed by atoms with Crippen LogP contribution in [-0.2, 0) is 4.74 Å². The van der Waals surface area contributed by atoms with Crippen molar-refractivity contribution in [1.29, 1.82) is 0 Å². The van der Waals surface area contributed by atoms with Crippen molar-refractivity contribution in [3.8, 4) is 0 Å². The first-order chi connectivity index (χ1) is 8.82. The monoisotopic (exact) mass is 243 g/mol. The highest BCUT2D eigenvalue weighted by molar-refractivity contribution is 5.50. The molecule has 18 heavy (non-hydrogen) atoms. The molecular weight excluding hydrogens is 226 g/mol. The second kappa shape index (κ2) is 3.59. The van der Waals surface area contributed by atoms with Crippen molar-refractivity contribution in [2.75, 3.05) is 24.6 Å². The van der Waals surface area contributed by atoms with E-state index in [1.165, 1.54) is 5.69 Å². The van der Waals surface area contributed by atoms with E-state index in [4.69, 9.17) is 4.74 Å². The van der Waals surface area contributed by atoms with E-state index in [1.807, 2.05) is 6.07 Å². The average molecular weight is 243 g/mol. The van der Waals surface area contributed by atoms with Gasteiger partial charge in [0.2, 0.25) is 0 Å². The molecule has 3 heteroatoms. The van der Waals surface area contributed by atoms with Crippen molar-refractivity contribution in [3.63, 3.8) is 0 Å². The van der Waals surface area contributed by atoms with Gasteiger partial charge in [-0.15, -0.1) is 0 Å². The van der Waals surface area contributed by atoms with Crippen LogP contribution in [0, 0.1) is 11.8 Å². The molecule has 2 fully saturated rings. The third kappa shape index (κ3) is 1.26. The molecule has 1 spiro atoms. The second-order valence-corrected chi connectivity index (χ2v) is 5.57. The Balaban J connectivity index is 1.66. The number of hydrogen-bond donors (Lipinski definition) is 1. The molecule has 4 atom stereocenters. The normalized spacial score (nSPS) is 40.5. The number of ether oxygens (including phenoxy) is 1. The molecule has 0 amide bonds. The van der Waals surface area contributed by atoms with E-state index in [0.717, 1.165) is 13.1 Å². The van der Waals surface area contributed by atoms with E-state index >= 15 is 0 Å². The molecule has 3 nitrogen and oxygen atoms in total. The number of anilines is 1. The van der Waals surface area contributed by atoms with Gasteiger partial charge in [-0.1, -0.05) is 30.4 Å². The molecule has 4 rings (SSSR count). The summed E-state index contributed by atoms with van der Waals surface area (Å²) in [4.78, 5) is 2.37. The lowest BCUT2D eigenvalue weighted by Gasteiger charge is -2.23. The molecule has 0 aromatic heterocycles. The Morgan fingerprint density at radius 3 is 2.94 bits per heavy atom. The highest BCUT2D eigenvalue weighted by Crippen LogP contribution is 2.51. The number of nitrogens with zero attached hydrogens (tertiary/aromatic N) is 1. The molecule has 1 aromatic carbocycles. The van der Waals surface area contributed by atoms with Crippen LogP contribution in [-0.4, -0.2) is 36.5 Å². The van der Waals surface area contributed by atoms with Gasteiger partial charge in [-0.05, 0) is 12.1 Å². The van der Waals surface area contributed by atoms with Crippen LogP contribution < -0.4 is 4.90 Å². The number of para-hydroxylation sites is 1. The molecule has 3 heterocycles. The zero-order valence-corrected chi connectivity index (χ0v) is 10.2. The molecule has 1 aromatic rings. The summed E-state index contributed by atoms with van der Waals surface area (Å²) in [7, 11) is 0. The van der Waals surface area contributed by atoms with E-state index < -0.39 is 0 Å². The third-order valence-electron chi connectivity index (χ3n) is 4.68. The minimum absolute atomic E-state index is 0.137. The van der Waals surface area contributed by atoms with Crippen molar-refractivity contribution in [3.05, 3.63) is 42.5 Å². The van der Waals surface area contributed by atoms with Gasteiger partial charge in [0, 0.05) is 30.7 Å². The second-order valence-electron chi connectivity index (χ2n) is 5.57. The van der Waals surface area contributed by atoms with Gasteiger partial charge >= 0.3 is 0 Å². The molecule has 1 N–H and O–H groups in total. The van der Waals surface area contributed by atoms with Crippen LogP contribution >= 0.6 is 0 Å². The number of hydrogen-bond acceptors (Lipinski definition) is 3. The smallest absolute Gasteiger partial charge is 0.109 e. The maximum Gasteiger partial charge on any atom is 0.109 e. The summed E-state index contributed by atoms with van der Waals surface area (Å²) in [5, 5.41) is 9.56. The minimum Gasteiger partial charge on any atom is -0.396 e. The fourth-order valence-corrected chi connectivity index (χ4v) is 3.79. The number of aliphatic hydroxyl groups excluding tert-OH is 1. The summed E-state index contributed by atoms with van der Waals surface area (Å²) in [5.41, 5.74) is 1.10. The first-order valence-corrected chi connectivity index (χ1v) is 6.60. The molecule has 3 aliphatic heterocycles. The van der Waals surface area contributed by atoms with Crippen LogP contribution in [0.5, 0.6) is 0 Å². The molecule has 94 valence electrons. The van der Waals surface area contributed by atoms with Crippen molar-refractivity contribution in [1.82, 2.24) is 0 Å². The summed E-state index contributed by atoms with van der Waals surface area (Å²) in [6.07, 6.45) is 4.49. The maximum atomic E-state index is 9.56. The zero-order chi connectivity index (χ0) is 12.2. The Labute approximate surface area is 107 Å². The molecule has 3 aliphatic rings. The van der Waals surface area contributed by atoms with Gasteiger partial charge in [-0.3, -0.25) is 0 Å². The van der Waals surface area contributed by atoms with Crippen LogP contribution in [0.25, 0.3) is 0 Å². The van der Waals surface area contributed by atoms with Crippen molar-refractivity contribution >= 4 is 5.69 Å². The minimum atomic E-state index is -0.145. The van der Waals surface area contributed by atoms with Crippen molar-refractivity contribution in [2.24, 2.45) is 11.8 Å². The van der Waals surface area contributed by atoms with Crippen LogP contribution in [0.3, 0.4) is 0 Å². The Morgan fingerprint density at radius 2 is 2.17 bits per heavy atom. The average Bonchev–Trinajstić information content (AvgIpc) is 3.06. The van der Waals surface area contributed by atoms with Crippen LogP contribution in [0.15, 0.2) is 42.5 Å². The fraction of sp³-hybridized carbons (Fsp3) is 0.467. The van der Waals surface area contributed by atoms with Gasteiger partial charge in [0.15, 0.2) is 0 Å². The Bertz CT molecular complexity index is 487. The lowest BCUT2D eigenvalue weighted by molar-refractivity contribution is 0.0304. The van der Waals surface area contributed by atoms with E-state index in [-0.39, 0.29) is 24.2 Å². The Morgan fingerprint density at radius 1 is 1.33 bits per heavy atom. The van der Waals surface area contributed by atoms with Gasteiger partial charge in [-0.2, -0.15) is 0 Å². The van der Waals surface area contributed by atoms with E-state index in [1.54, 1.807) is 0 Å². The van der Waals surface area contributed by atoms with Gasteiger partial charge in [-0.25, -0.2) is 0 Å². The number of aliphatic hydroxyl groups is 1. The van der Waals surface area contributed by atoms with Gasteiger partial charge < -0.3 is 14.7 Å². The zero-order valence-electron chi connectivity index (χ0n) is 10.2. The van der Waals surface area contributed by atoms with Gasteiger partial charge in [0.05, 0.1) is 12.6 Å². The molecule has 0 saturated carbocycles. The lowest BCUT2D eigenvalue weighted by Crippen LogP contribution is -2.35. The molecule has 2 bridgehead atoms. The molecule has 2 saturated heterocycles. The first kappa shape index (κ1) is 10.6. The van der Waals surface area contributed by atoms with E-state index in [0.29, 0.717) is 5.92 Å². The highest BCUT2D eigenvalue weighted by Gasteiger charge is 2.60. The Hall–Kier alpha value is -1.32. The number of rotatable bonds is 2. The number of fused-ring (bicyclic) bond motifs is 1. The van der Waals surface area contributed by atoms with Gasteiger partial charge in [0.25, 0.3) is 0 Å². The fourth-order valence-electron chi connectivity index (χ4n) is 3.79. The van der Waals surface area contributed by atoms with Crippen LogP contribution in [0.1, 0.15) is 0 Å². The van der Waals surface area contributed by atoms with Crippen molar-refractivity contribution in [2.45, 2.75) is 11.7 Å². The van der Waals surface area contributed by atoms with Gasteiger partial charge in [0.1, 0.15) is 5.60 Å². The van der Waals surface area contributed by atoms with Crippen LogP contribution in [0.2, 0.25) is 0 Å². The van der Waals surface area contributed by atoms with E-state index in [2.05, 4.69) is 41.3 Å². The predicted octanol–water partition coefficient (Wildman–Crippen LogP) is 1.44. The standard InChI is InChI=1S/C15H17NO2/c17-9-12-13-8-16(11-4-2-1-3-5-11)10-15(13)7-6-14(12)18-15/h1-7,12-14,17H,8-10H2. The summed E-state index contributed by atoms with van der Waals surface area (Å²) in [6, 6.07) is 10.5. The summed E-state index contributed by atoms with van der Waals surface area (Å²) in [6.45, 7) is 2.12. The van der Waals surface area contributed by atoms with Crippen LogP contribution in [0.4, 0.5) is 5.69 Å².